The molecule has 0 bridgehead atoms. The molecule has 1 heterocycles. The predicted octanol–water partition coefficient (Wildman–Crippen LogP) is 2.92. The fourth-order valence-corrected chi connectivity index (χ4v) is 4.34. The monoisotopic (exact) mass is 390 g/mol. The van der Waals surface area contributed by atoms with Crippen LogP contribution < -0.4 is 10.1 Å². The third-order valence-corrected chi connectivity index (χ3v) is 6.48. The van der Waals surface area contributed by atoms with Gasteiger partial charge in [0, 0.05) is 18.3 Å². The van der Waals surface area contributed by atoms with Gasteiger partial charge in [-0.05, 0) is 30.5 Å². The summed E-state index contributed by atoms with van der Waals surface area (Å²) < 4.78 is 54.7. The zero-order chi connectivity index (χ0) is 18.6. The van der Waals surface area contributed by atoms with E-state index >= 15 is 0 Å². The number of anilines is 1. The number of thiophene rings is 1. The summed E-state index contributed by atoms with van der Waals surface area (Å²) >= 11 is 1.05. The SMILES string of the molecule is Cc1c(NC(=O)CN(C)S(=O)(=O)c2cccs2)cccc1OC(F)F. The fraction of sp³-hybridized carbons (Fsp3) is 0.267. The topological polar surface area (TPSA) is 75.7 Å². The lowest BCUT2D eigenvalue weighted by molar-refractivity contribution is -0.116. The van der Waals surface area contributed by atoms with Crippen LogP contribution in [-0.4, -0.2) is 38.8 Å². The average Bonchev–Trinajstić information content (AvgIpc) is 3.05. The summed E-state index contributed by atoms with van der Waals surface area (Å²) in [6, 6.07) is 7.36. The molecule has 0 fully saturated rings. The molecule has 0 atom stereocenters. The highest BCUT2D eigenvalue weighted by atomic mass is 32.2. The van der Waals surface area contributed by atoms with Crippen molar-refractivity contribution in [2.45, 2.75) is 17.7 Å². The van der Waals surface area contributed by atoms with E-state index in [0.717, 1.165) is 15.6 Å². The minimum atomic E-state index is -3.75. The van der Waals surface area contributed by atoms with Gasteiger partial charge in [-0.1, -0.05) is 12.1 Å². The normalized spacial score (nSPS) is 11.8. The molecule has 0 aliphatic heterocycles. The summed E-state index contributed by atoms with van der Waals surface area (Å²) in [7, 11) is -2.46. The number of benzene rings is 1. The molecule has 0 saturated heterocycles. The van der Waals surface area contributed by atoms with Crippen LogP contribution in [0.5, 0.6) is 5.75 Å². The molecular weight excluding hydrogens is 374 g/mol. The molecule has 0 aliphatic carbocycles. The van der Waals surface area contributed by atoms with Gasteiger partial charge in [0.1, 0.15) is 9.96 Å². The fourth-order valence-electron chi connectivity index (χ4n) is 2.01. The van der Waals surface area contributed by atoms with Gasteiger partial charge in [0.2, 0.25) is 5.91 Å². The molecule has 10 heteroatoms. The maximum atomic E-state index is 12.4. The third kappa shape index (κ3) is 4.74. The van der Waals surface area contributed by atoms with Crippen LogP contribution in [0.15, 0.2) is 39.9 Å². The van der Waals surface area contributed by atoms with Crippen LogP contribution in [0.1, 0.15) is 5.56 Å². The van der Waals surface area contributed by atoms with E-state index in [1.54, 1.807) is 11.4 Å². The largest absolute Gasteiger partial charge is 0.434 e. The number of sulfonamides is 1. The quantitative estimate of drug-likeness (QED) is 0.789. The number of hydrogen-bond donors (Lipinski definition) is 1. The molecule has 0 saturated carbocycles. The first-order chi connectivity index (χ1) is 11.7. The number of carbonyl (C=O) groups excluding carboxylic acids is 1. The van der Waals surface area contributed by atoms with E-state index in [9.17, 15) is 22.0 Å². The van der Waals surface area contributed by atoms with Crippen molar-refractivity contribution in [1.82, 2.24) is 4.31 Å². The van der Waals surface area contributed by atoms with Crippen LogP contribution in [0.25, 0.3) is 0 Å². The molecule has 1 N–H and O–H groups in total. The van der Waals surface area contributed by atoms with Gasteiger partial charge in [0.15, 0.2) is 0 Å². The van der Waals surface area contributed by atoms with Gasteiger partial charge >= 0.3 is 6.61 Å². The summed E-state index contributed by atoms with van der Waals surface area (Å²) in [5.41, 5.74) is 0.588. The van der Waals surface area contributed by atoms with Gasteiger partial charge in [-0.3, -0.25) is 4.79 Å². The summed E-state index contributed by atoms with van der Waals surface area (Å²) in [5.74, 6) is -0.660. The third-order valence-electron chi connectivity index (χ3n) is 3.30. The number of halogens is 2. The lowest BCUT2D eigenvalue weighted by Crippen LogP contribution is -2.34. The van der Waals surface area contributed by atoms with E-state index < -0.39 is 29.1 Å². The Morgan fingerprint density at radius 2 is 2.04 bits per heavy atom. The first-order valence-electron chi connectivity index (χ1n) is 7.06. The minimum Gasteiger partial charge on any atom is -0.434 e. The minimum absolute atomic E-state index is 0.0626. The van der Waals surface area contributed by atoms with E-state index in [1.165, 1.54) is 38.2 Å². The number of rotatable bonds is 7. The predicted molar refractivity (Wildman–Crippen MR) is 90.6 cm³/mol. The van der Waals surface area contributed by atoms with Crippen LogP contribution in [0, 0.1) is 6.92 Å². The number of ether oxygens (including phenoxy) is 1. The zero-order valence-electron chi connectivity index (χ0n) is 13.4. The average molecular weight is 390 g/mol. The molecule has 0 unspecified atom stereocenters. The number of nitrogens with one attached hydrogen (secondary N) is 1. The van der Waals surface area contributed by atoms with E-state index in [4.69, 9.17) is 0 Å². The Morgan fingerprint density at radius 1 is 1.32 bits per heavy atom. The summed E-state index contributed by atoms with van der Waals surface area (Å²) in [5, 5.41) is 4.13. The molecule has 25 heavy (non-hydrogen) atoms. The molecular formula is C15H16F2N2O4S2. The van der Waals surface area contributed by atoms with Crippen molar-refractivity contribution >= 4 is 33.0 Å². The zero-order valence-corrected chi connectivity index (χ0v) is 15.0. The highest BCUT2D eigenvalue weighted by Crippen LogP contribution is 2.27. The molecule has 0 aliphatic rings. The molecule has 1 aromatic carbocycles. The van der Waals surface area contributed by atoms with Crippen molar-refractivity contribution in [1.29, 1.82) is 0 Å². The number of likely N-dealkylation sites (N-methyl/N-ethyl adjacent to an activating group) is 1. The van der Waals surface area contributed by atoms with Crippen molar-refractivity contribution in [2.24, 2.45) is 0 Å². The van der Waals surface area contributed by atoms with Crippen molar-refractivity contribution in [2.75, 3.05) is 18.9 Å². The molecule has 0 radical (unpaired) electrons. The number of nitrogens with zero attached hydrogens (tertiary/aromatic N) is 1. The first kappa shape index (κ1) is 19.3. The van der Waals surface area contributed by atoms with Crippen molar-refractivity contribution in [3.8, 4) is 5.75 Å². The Balaban J connectivity index is 2.08. The second-order valence-corrected chi connectivity index (χ2v) is 8.27. The van der Waals surface area contributed by atoms with Crippen LogP contribution in [0.2, 0.25) is 0 Å². The number of alkyl halides is 2. The number of hydrogen-bond acceptors (Lipinski definition) is 5. The Hall–Kier alpha value is -2.04. The maximum Gasteiger partial charge on any atom is 0.387 e. The molecule has 6 nitrogen and oxygen atoms in total. The molecule has 2 rings (SSSR count). The maximum absolute atomic E-state index is 12.4. The summed E-state index contributed by atoms with van der Waals surface area (Å²) in [6.07, 6.45) is 0. The van der Waals surface area contributed by atoms with Gasteiger partial charge in [-0.2, -0.15) is 13.1 Å². The van der Waals surface area contributed by atoms with Crippen LogP contribution in [0.3, 0.4) is 0 Å². The van der Waals surface area contributed by atoms with Crippen LogP contribution in [0.4, 0.5) is 14.5 Å². The molecule has 1 aromatic heterocycles. The van der Waals surface area contributed by atoms with Gasteiger partial charge in [-0.25, -0.2) is 8.42 Å². The Morgan fingerprint density at radius 3 is 2.64 bits per heavy atom. The standard InChI is InChI=1S/C15H16F2N2O4S2/c1-10-11(5-3-6-12(10)23-15(16)17)18-13(20)9-19(2)25(21,22)14-7-4-8-24-14/h3-8,15H,9H2,1-2H3,(H,18,20). The first-order valence-corrected chi connectivity index (χ1v) is 9.38. The van der Waals surface area contributed by atoms with E-state index in [-0.39, 0.29) is 15.6 Å². The van der Waals surface area contributed by atoms with Gasteiger partial charge in [-0.15, -0.1) is 11.3 Å². The molecule has 136 valence electrons. The highest BCUT2D eigenvalue weighted by Gasteiger charge is 2.24. The van der Waals surface area contributed by atoms with E-state index in [0.29, 0.717) is 5.56 Å². The van der Waals surface area contributed by atoms with Gasteiger partial charge in [0.05, 0.1) is 6.54 Å². The molecule has 2 aromatic rings. The smallest absolute Gasteiger partial charge is 0.387 e. The van der Waals surface area contributed by atoms with Crippen LogP contribution in [-0.2, 0) is 14.8 Å². The van der Waals surface area contributed by atoms with Gasteiger partial charge in [0.25, 0.3) is 10.0 Å². The van der Waals surface area contributed by atoms with Gasteiger partial charge < -0.3 is 10.1 Å². The Bertz CT molecular complexity index is 839. The van der Waals surface area contributed by atoms with Crippen LogP contribution >= 0.6 is 11.3 Å². The van der Waals surface area contributed by atoms with Crippen molar-refractivity contribution < 1.29 is 26.7 Å². The molecule has 1 amide bonds. The number of amides is 1. The number of carbonyl (C=O) groups is 1. The Kier molecular flexibility index (Phi) is 6.09. The highest BCUT2D eigenvalue weighted by molar-refractivity contribution is 7.91. The second-order valence-electron chi connectivity index (χ2n) is 5.05. The lowest BCUT2D eigenvalue weighted by atomic mass is 10.2. The van der Waals surface area contributed by atoms with Crippen molar-refractivity contribution in [3.05, 3.63) is 41.3 Å². The van der Waals surface area contributed by atoms with E-state index in [2.05, 4.69) is 10.1 Å². The lowest BCUT2D eigenvalue weighted by Gasteiger charge is -2.17. The second kappa shape index (κ2) is 7.89. The molecule has 0 spiro atoms. The Labute approximate surface area is 148 Å². The summed E-state index contributed by atoms with van der Waals surface area (Å²) in [6.45, 7) is -1.88. The summed E-state index contributed by atoms with van der Waals surface area (Å²) in [4.78, 5) is 12.1. The van der Waals surface area contributed by atoms with E-state index in [1.807, 2.05) is 0 Å². The van der Waals surface area contributed by atoms with Crippen molar-refractivity contribution in [3.63, 3.8) is 0 Å².